The summed E-state index contributed by atoms with van der Waals surface area (Å²) in [4.78, 5) is 0. The van der Waals surface area contributed by atoms with Crippen LogP contribution in [0.15, 0.2) is 0 Å². The van der Waals surface area contributed by atoms with Crippen LogP contribution in [0.25, 0.3) is 0 Å². The lowest BCUT2D eigenvalue weighted by atomic mass is 9.71. The maximum Gasteiger partial charge on any atom is 0.0471 e. The van der Waals surface area contributed by atoms with Crippen molar-refractivity contribution in [1.29, 1.82) is 0 Å². The first-order valence-electron chi connectivity index (χ1n) is 8.09. The van der Waals surface area contributed by atoms with E-state index in [0.717, 1.165) is 31.5 Å². The van der Waals surface area contributed by atoms with Gasteiger partial charge in [-0.2, -0.15) is 0 Å². The second-order valence-corrected chi connectivity index (χ2v) is 6.48. The maximum atomic E-state index is 5.76. The molecule has 3 unspecified atom stereocenters. The molecule has 0 saturated heterocycles. The Morgan fingerprint density at radius 1 is 1.17 bits per heavy atom. The first-order valence-corrected chi connectivity index (χ1v) is 8.09. The van der Waals surface area contributed by atoms with E-state index >= 15 is 0 Å². The van der Waals surface area contributed by atoms with Crippen molar-refractivity contribution in [3.8, 4) is 0 Å². The molecule has 0 radical (unpaired) electrons. The van der Waals surface area contributed by atoms with Crippen LogP contribution in [-0.2, 0) is 4.74 Å². The molecule has 1 N–H and O–H groups in total. The summed E-state index contributed by atoms with van der Waals surface area (Å²) in [7, 11) is 0. The van der Waals surface area contributed by atoms with Gasteiger partial charge in [0.25, 0.3) is 0 Å². The normalized spacial score (nSPS) is 34.3. The van der Waals surface area contributed by atoms with E-state index in [1.54, 1.807) is 0 Å². The molecule has 2 fully saturated rings. The topological polar surface area (TPSA) is 21.3 Å². The van der Waals surface area contributed by atoms with Gasteiger partial charge in [-0.15, -0.1) is 0 Å². The number of nitrogens with one attached hydrogen (secondary N) is 1. The van der Waals surface area contributed by atoms with Crippen LogP contribution in [0.2, 0.25) is 0 Å². The Balaban J connectivity index is 1.82. The van der Waals surface area contributed by atoms with Crippen LogP contribution >= 0.6 is 0 Å². The van der Waals surface area contributed by atoms with Crippen molar-refractivity contribution in [3.05, 3.63) is 0 Å². The molecule has 0 aromatic rings. The number of hydrogen-bond acceptors (Lipinski definition) is 2. The molecule has 106 valence electrons. The predicted molar refractivity (Wildman–Crippen MR) is 76.8 cm³/mol. The smallest absolute Gasteiger partial charge is 0.0471 e. The van der Waals surface area contributed by atoms with Crippen LogP contribution in [0.5, 0.6) is 0 Å². The summed E-state index contributed by atoms with van der Waals surface area (Å²) < 4.78 is 5.76. The summed E-state index contributed by atoms with van der Waals surface area (Å²) in [5, 5.41) is 3.69. The summed E-state index contributed by atoms with van der Waals surface area (Å²) in [6.45, 7) is 8.77. The van der Waals surface area contributed by atoms with E-state index in [9.17, 15) is 0 Å². The van der Waals surface area contributed by atoms with E-state index in [-0.39, 0.29) is 0 Å². The van der Waals surface area contributed by atoms with Gasteiger partial charge in [0.1, 0.15) is 0 Å². The van der Waals surface area contributed by atoms with Crippen LogP contribution in [0.3, 0.4) is 0 Å². The highest BCUT2D eigenvalue weighted by Gasteiger charge is 2.49. The lowest BCUT2D eigenvalue weighted by Crippen LogP contribution is -2.40. The lowest BCUT2D eigenvalue weighted by Gasteiger charge is -2.38. The van der Waals surface area contributed by atoms with E-state index in [2.05, 4.69) is 19.2 Å². The molecule has 0 spiro atoms. The molecule has 18 heavy (non-hydrogen) atoms. The van der Waals surface area contributed by atoms with Gasteiger partial charge in [-0.25, -0.2) is 0 Å². The molecule has 0 aromatic carbocycles. The molecule has 2 nitrogen and oxygen atoms in total. The zero-order valence-electron chi connectivity index (χ0n) is 12.3. The predicted octanol–water partition coefficient (Wildman–Crippen LogP) is 3.61. The standard InChI is InChI=1S/C16H31NO/c1-3-8-17-13-16(7-10-18-9-4-2)12-14-5-6-15(16)11-14/h14-15,17H,3-13H2,1-2H3. The third-order valence-electron chi connectivity index (χ3n) is 5.10. The highest BCUT2D eigenvalue weighted by Crippen LogP contribution is 2.57. The minimum Gasteiger partial charge on any atom is -0.381 e. The van der Waals surface area contributed by atoms with Gasteiger partial charge in [-0.1, -0.05) is 20.3 Å². The van der Waals surface area contributed by atoms with Crippen molar-refractivity contribution in [3.63, 3.8) is 0 Å². The van der Waals surface area contributed by atoms with Crippen LogP contribution in [-0.4, -0.2) is 26.3 Å². The summed E-state index contributed by atoms with van der Waals surface area (Å²) in [6.07, 6.45) is 9.61. The Bertz CT molecular complexity index is 243. The minimum absolute atomic E-state index is 0.575. The fourth-order valence-corrected chi connectivity index (χ4v) is 4.21. The second kappa shape index (κ2) is 6.91. The van der Waals surface area contributed by atoms with E-state index in [1.807, 2.05) is 0 Å². The van der Waals surface area contributed by atoms with Gasteiger partial charge in [-0.05, 0) is 62.3 Å². The molecule has 2 bridgehead atoms. The van der Waals surface area contributed by atoms with Gasteiger partial charge >= 0.3 is 0 Å². The summed E-state index contributed by atoms with van der Waals surface area (Å²) in [6, 6.07) is 0. The van der Waals surface area contributed by atoms with Gasteiger partial charge in [0.15, 0.2) is 0 Å². The first-order chi connectivity index (χ1) is 8.80. The van der Waals surface area contributed by atoms with Gasteiger partial charge in [-0.3, -0.25) is 0 Å². The van der Waals surface area contributed by atoms with Crippen molar-refractivity contribution >= 4 is 0 Å². The fraction of sp³-hybridized carbons (Fsp3) is 1.00. The number of rotatable bonds is 9. The quantitative estimate of drug-likeness (QED) is 0.634. The first kappa shape index (κ1) is 14.3. The summed E-state index contributed by atoms with van der Waals surface area (Å²) in [5.41, 5.74) is 0.575. The Morgan fingerprint density at radius 2 is 2.06 bits per heavy atom. The van der Waals surface area contributed by atoms with Crippen LogP contribution in [0.1, 0.15) is 58.8 Å². The maximum absolute atomic E-state index is 5.76. The number of hydrogen-bond donors (Lipinski definition) is 1. The SMILES string of the molecule is CCCNCC1(CCOCCC)CC2CCC1C2. The van der Waals surface area contributed by atoms with Gasteiger partial charge in [0, 0.05) is 19.8 Å². The molecule has 0 aromatic heterocycles. The number of fused-ring (bicyclic) bond motifs is 2. The second-order valence-electron chi connectivity index (χ2n) is 6.48. The van der Waals surface area contributed by atoms with E-state index < -0.39 is 0 Å². The zero-order chi connectivity index (χ0) is 12.8. The Hall–Kier alpha value is -0.0800. The molecule has 3 atom stereocenters. The van der Waals surface area contributed by atoms with Gasteiger partial charge in [0.2, 0.25) is 0 Å². The molecule has 0 amide bonds. The fourth-order valence-electron chi connectivity index (χ4n) is 4.21. The van der Waals surface area contributed by atoms with Crippen LogP contribution in [0.4, 0.5) is 0 Å². The Labute approximate surface area is 113 Å². The van der Waals surface area contributed by atoms with Crippen molar-refractivity contribution < 1.29 is 4.74 Å². The monoisotopic (exact) mass is 253 g/mol. The molecular formula is C16H31NO. The molecule has 2 saturated carbocycles. The Kier molecular flexibility index (Phi) is 5.50. The number of ether oxygens (including phenoxy) is 1. The molecule has 2 heteroatoms. The molecule has 0 heterocycles. The molecule has 2 rings (SSSR count). The van der Waals surface area contributed by atoms with Crippen molar-refractivity contribution in [2.45, 2.75) is 58.8 Å². The summed E-state index contributed by atoms with van der Waals surface area (Å²) >= 11 is 0. The lowest BCUT2D eigenvalue weighted by molar-refractivity contribution is 0.0631. The van der Waals surface area contributed by atoms with Crippen LogP contribution < -0.4 is 5.32 Å². The van der Waals surface area contributed by atoms with Gasteiger partial charge < -0.3 is 10.1 Å². The highest BCUT2D eigenvalue weighted by molar-refractivity contribution is 5.01. The largest absolute Gasteiger partial charge is 0.381 e. The van der Waals surface area contributed by atoms with Crippen LogP contribution in [0, 0.1) is 17.3 Å². The molecule has 2 aliphatic rings. The average Bonchev–Trinajstić information content (AvgIpc) is 2.96. The minimum atomic E-state index is 0.575. The third-order valence-corrected chi connectivity index (χ3v) is 5.10. The van der Waals surface area contributed by atoms with Crippen molar-refractivity contribution in [1.82, 2.24) is 5.32 Å². The zero-order valence-corrected chi connectivity index (χ0v) is 12.3. The van der Waals surface area contributed by atoms with E-state index in [1.165, 1.54) is 51.6 Å². The third kappa shape index (κ3) is 3.27. The molecule has 2 aliphatic carbocycles. The molecular weight excluding hydrogens is 222 g/mol. The Morgan fingerprint density at radius 3 is 2.67 bits per heavy atom. The van der Waals surface area contributed by atoms with Gasteiger partial charge in [0.05, 0.1) is 0 Å². The van der Waals surface area contributed by atoms with Crippen molar-refractivity contribution in [2.75, 3.05) is 26.3 Å². The highest BCUT2D eigenvalue weighted by atomic mass is 16.5. The van der Waals surface area contributed by atoms with E-state index in [4.69, 9.17) is 4.74 Å². The average molecular weight is 253 g/mol. The van der Waals surface area contributed by atoms with E-state index in [0.29, 0.717) is 5.41 Å². The summed E-state index contributed by atoms with van der Waals surface area (Å²) in [5.74, 6) is 2.02. The molecule has 0 aliphatic heterocycles. The van der Waals surface area contributed by atoms with Crippen molar-refractivity contribution in [2.24, 2.45) is 17.3 Å².